The minimum absolute atomic E-state index is 0.0260. The maximum absolute atomic E-state index is 13.9. The molecule has 2 aliphatic heterocycles. The summed E-state index contributed by atoms with van der Waals surface area (Å²) in [5.74, 6) is 1.03. The van der Waals surface area contributed by atoms with Crippen LogP contribution >= 0.6 is 22.9 Å². The average Bonchev–Trinajstić information content (AvgIpc) is 3.66. The van der Waals surface area contributed by atoms with Crippen LogP contribution in [0.3, 0.4) is 0 Å². The van der Waals surface area contributed by atoms with Crippen molar-refractivity contribution in [1.29, 1.82) is 0 Å². The number of carbonyl (C=O) groups excluding carboxylic acids is 2. The Morgan fingerprint density at radius 2 is 1.85 bits per heavy atom. The standard InChI is InChI=1S/C32H38ClN3O3S/c1-23(2)24-8-10-27(11-9-24)39-22-29-28-13-19-40-30(28)12-16-36(29)31(37)21-35(18-17-34-14-3-4-15-34)32(38)25-6-5-7-26(33)20-25/h5-11,13,19-20,23,29H,3-4,12,14-18,21-22H2,1-2H3/t29-/m0/s1. The van der Waals surface area contributed by atoms with Crippen molar-refractivity contribution in [3.63, 3.8) is 0 Å². The molecule has 0 aliphatic carbocycles. The van der Waals surface area contributed by atoms with Gasteiger partial charge in [-0.25, -0.2) is 0 Å². The summed E-state index contributed by atoms with van der Waals surface area (Å²) in [6.45, 7) is 8.68. The van der Waals surface area contributed by atoms with E-state index in [9.17, 15) is 9.59 Å². The van der Waals surface area contributed by atoms with E-state index in [0.29, 0.717) is 36.2 Å². The minimum atomic E-state index is -0.200. The highest BCUT2D eigenvalue weighted by molar-refractivity contribution is 7.10. The van der Waals surface area contributed by atoms with Gasteiger partial charge in [0.2, 0.25) is 5.91 Å². The molecule has 0 unspecified atom stereocenters. The summed E-state index contributed by atoms with van der Waals surface area (Å²) in [4.78, 5) is 34.8. The number of hydrogen-bond donors (Lipinski definition) is 0. The summed E-state index contributed by atoms with van der Waals surface area (Å²) in [6.07, 6.45) is 3.17. The first kappa shape index (κ1) is 28.7. The van der Waals surface area contributed by atoms with E-state index in [-0.39, 0.29) is 24.4 Å². The van der Waals surface area contributed by atoms with Gasteiger partial charge in [-0.05, 0) is 91.2 Å². The number of rotatable bonds is 10. The summed E-state index contributed by atoms with van der Waals surface area (Å²) >= 11 is 7.93. The first-order valence-corrected chi connectivity index (χ1v) is 15.5. The van der Waals surface area contributed by atoms with Crippen LogP contribution in [0.4, 0.5) is 0 Å². The number of likely N-dealkylation sites (tertiary alicyclic amines) is 1. The number of hydrogen-bond acceptors (Lipinski definition) is 5. The highest BCUT2D eigenvalue weighted by Gasteiger charge is 2.34. The van der Waals surface area contributed by atoms with Gasteiger partial charge in [0.25, 0.3) is 5.91 Å². The summed E-state index contributed by atoms with van der Waals surface area (Å²) in [7, 11) is 0. The van der Waals surface area contributed by atoms with Crippen LogP contribution in [0.2, 0.25) is 5.02 Å². The zero-order chi connectivity index (χ0) is 28.1. The van der Waals surface area contributed by atoms with Crippen LogP contribution < -0.4 is 4.74 Å². The summed E-state index contributed by atoms with van der Waals surface area (Å²) in [5, 5.41) is 2.60. The number of carbonyl (C=O) groups is 2. The Labute approximate surface area is 246 Å². The molecule has 212 valence electrons. The number of fused-ring (bicyclic) bond motifs is 1. The topological polar surface area (TPSA) is 53.1 Å². The smallest absolute Gasteiger partial charge is 0.254 e. The van der Waals surface area contributed by atoms with Crippen molar-refractivity contribution in [2.24, 2.45) is 0 Å². The molecule has 0 N–H and O–H groups in total. The molecule has 8 heteroatoms. The molecule has 2 aromatic carbocycles. The second-order valence-electron chi connectivity index (χ2n) is 11.0. The van der Waals surface area contributed by atoms with Crippen molar-refractivity contribution in [3.8, 4) is 5.75 Å². The van der Waals surface area contributed by atoms with E-state index >= 15 is 0 Å². The molecule has 0 bridgehead atoms. The highest BCUT2D eigenvalue weighted by atomic mass is 35.5. The largest absolute Gasteiger partial charge is 0.491 e. The fraction of sp³-hybridized carbons (Fsp3) is 0.438. The van der Waals surface area contributed by atoms with E-state index in [0.717, 1.165) is 37.4 Å². The second-order valence-corrected chi connectivity index (χ2v) is 12.4. The van der Waals surface area contributed by atoms with Crippen molar-refractivity contribution in [2.45, 2.75) is 45.1 Å². The molecule has 1 atom stereocenters. The van der Waals surface area contributed by atoms with Gasteiger partial charge in [-0.3, -0.25) is 9.59 Å². The Morgan fingerprint density at radius 3 is 2.58 bits per heavy atom. The summed E-state index contributed by atoms with van der Waals surface area (Å²) in [5.41, 5.74) is 2.92. The summed E-state index contributed by atoms with van der Waals surface area (Å²) in [6, 6.07) is 17.1. The Bertz CT molecular complexity index is 1300. The summed E-state index contributed by atoms with van der Waals surface area (Å²) < 4.78 is 6.25. The molecule has 2 amide bonds. The number of halogens is 1. The van der Waals surface area contributed by atoms with E-state index in [1.807, 2.05) is 17.0 Å². The van der Waals surface area contributed by atoms with Crippen molar-refractivity contribution in [2.75, 3.05) is 45.9 Å². The number of nitrogens with zero attached hydrogens (tertiary/aromatic N) is 3. The molecule has 1 aromatic heterocycles. The third-order valence-electron chi connectivity index (χ3n) is 7.94. The molecule has 5 rings (SSSR count). The van der Waals surface area contributed by atoms with Crippen LogP contribution in [-0.2, 0) is 11.2 Å². The van der Waals surface area contributed by atoms with Gasteiger partial charge in [0, 0.05) is 35.1 Å². The van der Waals surface area contributed by atoms with E-state index in [1.165, 1.54) is 23.3 Å². The molecular weight excluding hydrogens is 542 g/mol. The van der Waals surface area contributed by atoms with Gasteiger partial charge in [0.15, 0.2) is 0 Å². The predicted octanol–water partition coefficient (Wildman–Crippen LogP) is 6.27. The number of thiophene rings is 1. The SMILES string of the molecule is CC(C)c1ccc(OC[C@H]2c3ccsc3CCN2C(=O)CN(CCN2CCCC2)C(=O)c2cccc(Cl)c2)cc1. The van der Waals surface area contributed by atoms with Gasteiger partial charge in [-0.15, -0.1) is 11.3 Å². The van der Waals surface area contributed by atoms with Crippen LogP contribution in [0.15, 0.2) is 60.0 Å². The first-order chi connectivity index (χ1) is 19.4. The van der Waals surface area contributed by atoms with Gasteiger partial charge >= 0.3 is 0 Å². The van der Waals surface area contributed by atoms with Crippen LogP contribution in [-0.4, -0.2) is 72.4 Å². The molecule has 6 nitrogen and oxygen atoms in total. The van der Waals surface area contributed by atoms with Crippen LogP contribution in [0.5, 0.6) is 5.75 Å². The van der Waals surface area contributed by atoms with Crippen molar-refractivity contribution in [3.05, 3.63) is 86.6 Å². The Balaban J connectivity index is 1.32. The predicted molar refractivity (Wildman–Crippen MR) is 162 cm³/mol. The lowest BCUT2D eigenvalue weighted by molar-refractivity contribution is -0.135. The lowest BCUT2D eigenvalue weighted by Gasteiger charge is -2.37. The number of benzene rings is 2. The molecular formula is C32H38ClN3O3S. The molecule has 1 saturated heterocycles. The lowest BCUT2D eigenvalue weighted by Crippen LogP contribution is -2.49. The molecule has 0 radical (unpaired) electrons. The van der Waals surface area contributed by atoms with Crippen molar-refractivity contribution >= 4 is 34.8 Å². The molecule has 1 fully saturated rings. The number of amides is 2. The van der Waals surface area contributed by atoms with Crippen molar-refractivity contribution in [1.82, 2.24) is 14.7 Å². The quantitative estimate of drug-likeness (QED) is 0.284. The lowest BCUT2D eigenvalue weighted by atomic mass is 10.00. The van der Waals surface area contributed by atoms with Crippen LogP contribution in [0.25, 0.3) is 0 Å². The van der Waals surface area contributed by atoms with E-state index in [4.69, 9.17) is 16.3 Å². The molecule has 3 aromatic rings. The van der Waals surface area contributed by atoms with Gasteiger partial charge in [-0.2, -0.15) is 0 Å². The monoisotopic (exact) mass is 579 g/mol. The van der Waals surface area contributed by atoms with Gasteiger partial charge < -0.3 is 19.4 Å². The third-order valence-corrected chi connectivity index (χ3v) is 9.17. The number of ether oxygens (including phenoxy) is 1. The third kappa shape index (κ3) is 6.88. The molecule has 0 saturated carbocycles. The van der Waals surface area contributed by atoms with E-state index < -0.39 is 0 Å². The minimum Gasteiger partial charge on any atom is -0.491 e. The zero-order valence-corrected chi connectivity index (χ0v) is 24.9. The fourth-order valence-electron chi connectivity index (χ4n) is 5.58. The Kier molecular flexibility index (Phi) is 9.45. The second kappa shape index (κ2) is 13.2. The molecule has 3 heterocycles. The van der Waals surface area contributed by atoms with Crippen LogP contribution in [0.1, 0.15) is 65.0 Å². The van der Waals surface area contributed by atoms with E-state index in [2.05, 4.69) is 42.3 Å². The molecule has 2 aliphatic rings. The molecule has 0 spiro atoms. The van der Waals surface area contributed by atoms with Gasteiger partial charge in [0.05, 0.1) is 6.04 Å². The normalized spacial score (nSPS) is 17.2. The van der Waals surface area contributed by atoms with Gasteiger partial charge in [0.1, 0.15) is 18.9 Å². The Hall–Kier alpha value is -2.87. The maximum Gasteiger partial charge on any atom is 0.254 e. The van der Waals surface area contributed by atoms with Crippen LogP contribution in [0, 0.1) is 0 Å². The average molecular weight is 580 g/mol. The van der Waals surface area contributed by atoms with Gasteiger partial charge in [-0.1, -0.05) is 43.6 Å². The van der Waals surface area contributed by atoms with Crippen molar-refractivity contribution < 1.29 is 14.3 Å². The van der Waals surface area contributed by atoms with E-state index in [1.54, 1.807) is 40.5 Å². The fourth-order valence-corrected chi connectivity index (χ4v) is 6.70. The highest BCUT2D eigenvalue weighted by Crippen LogP contribution is 2.34. The molecule has 40 heavy (non-hydrogen) atoms. The first-order valence-electron chi connectivity index (χ1n) is 14.2. The zero-order valence-electron chi connectivity index (χ0n) is 23.4. The maximum atomic E-state index is 13.9. The Morgan fingerprint density at radius 1 is 1.07 bits per heavy atom.